The minimum Gasteiger partial charge on any atom is -0.346 e. The fraction of sp³-hybridized carbons (Fsp3) is 0.125. The average Bonchev–Trinajstić information content (AvgIpc) is 2.84. The van der Waals surface area contributed by atoms with Gasteiger partial charge in [0.15, 0.2) is 0 Å². The molecule has 1 aromatic carbocycles. The number of aromatic amines is 1. The smallest absolute Gasteiger partial charge is 0.257 e. The van der Waals surface area contributed by atoms with Crippen molar-refractivity contribution in [2.75, 3.05) is 5.32 Å². The molecule has 0 bridgehead atoms. The van der Waals surface area contributed by atoms with Crippen molar-refractivity contribution in [3.63, 3.8) is 0 Å². The second kappa shape index (κ2) is 5.01. The first kappa shape index (κ1) is 13.3. The van der Waals surface area contributed by atoms with Crippen molar-refractivity contribution < 1.29 is 9.18 Å². The third-order valence-electron chi connectivity index (χ3n) is 3.45. The van der Waals surface area contributed by atoms with Gasteiger partial charge in [-0.15, -0.1) is 0 Å². The Morgan fingerprint density at radius 2 is 2.05 bits per heavy atom. The molecule has 4 nitrogen and oxygen atoms in total. The number of aromatic nitrogens is 2. The van der Waals surface area contributed by atoms with Crippen LogP contribution in [-0.2, 0) is 0 Å². The molecule has 0 saturated heterocycles. The minimum absolute atomic E-state index is 0.307. The number of hydrogen-bond acceptors (Lipinski definition) is 2. The molecule has 106 valence electrons. The Morgan fingerprint density at radius 1 is 1.24 bits per heavy atom. The molecule has 0 aliphatic carbocycles. The molecule has 2 aromatic heterocycles. The average molecular weight is 283 g/mol. The van der Waals surface area contributed by atoms with Gasteiger partial charge in [-0.2, -0.15) is 0 Å². The second-order valence-corrected chi connectivity index (χ2v) is 5.01. The Balaban J connectivity index is 1.93. The van der Waals surface area contributed by atoms with Crippen molar-refractivity contribution in [1.29, 1.82) is 0 Å². The number of halogens is 1. The molecule has 3 aromatic rings. The molecule has 0 fully saturated rings. The highest BCUT2D eigenvalue weighted by atomic mass is 19.1. The van der Waals surface area contributed by atoms with E-state index in [1.807, 2.05) is 20.0 Å². The first-order valence-electron chi connectivity index (χ1n) is 6.56. The van der Waals surface area contributed by atoms with E-state index in [0.29, 0.717) is 11.3 Å². The molecule has 0 atom stereocenters. The quantitative estimate of drug-likeness (QED) is 0.755. The van der Waals surface area contributed by atoms with E-state index in [1.54, 1.807) is 12.1 Å². The number of aryl methyl sites for hydroxylation is 2. The molecule has 0 radical (unpaired) electrons. The van der Waals surface area contributed by atoms with E-state index in [0.717, 1.165) is 22.2 Å². The van der Waals surface area contributed by atoms with Crippen molar-refractivity contribution in [1.82, 2.24) is 9.97 Å². The van der Waals surface area contributed by atoms with Crippen LogP contribution < -0.4 is 5.32 Å². The van der Waals surface area contributed by atoms with E-state index in [9.17, 15) is 9.18 Å². The van der Waals surface area contributed by atoms with Gasteiger partial charge < -0.3 is 10.3 Å². The van der Waals surface area contributed by atoms with Crippen LogP contribution in [0.1, 0.15) is 21.5 Å². The van der Waals surface area contributed by atoms with Gasteiger partial charge in [-0.3, -0.25) is 4.79 Å². The minimum atomic E-state index is -0.383. The van der Waals surface area contributed by atoms with Crippen LogP contribution in [0.15, 0.2) is 36.7 Å². The molecular formula is C16H14FN3O. The molecule has 1 amide bonds. The Bertz CT molecular complexity index is 839. The highest BCUT2D eigenvalue weighted by Gasteiger charge is 2.11. The van der Waals surface area contributed by atoms with Crippen LogP contribution in [0.3, 0.4) is 0 Å². The van der Waals surface area contributed by atoms with Crippen LogP contribution in [-0.4, -0.2) is 15.9 Å². The van der Waals surface area contributed by atoms with Crippen molar-refractivity contribution in [2.24, 2.45) is 0 Å². The van der Waals surface area contributed by atoms with Crippen LogP contribution >= 0.6 is 0 Å². The third kappa shape index (κ3) is 2.50. The fourth-order valence-corrected chi connectivity index (χ4v) is 2.18. The van der Waals surface area contributed by atoms with E-state index in [2.05, 4.69) is 15.3 Å². The number of carbonyl (C=O) groups is 1. The molecule has 2 heterocycles. The number of anilines is 1. The van der Waals surface area contributed by atoms with E-state index in [1.165, 1.54) is 18.3 Å². The summed E-state index contributed by atoms with van der Waals surface area (Å²) in [6.45, 7) is 3.76. The predicted octanol–water partition coefficient (Wildman–Crippen LogP) is 3.57. The van der Waals surface area contributed by atoms with Crippen LogP contribution in [0.5, 0.6) is 0 Å². The Hall–Kier alpha value is -2.69. The van der Waals surface area contributed by atoms with E-state index < -0.39 is 0 Å². The number of fused-ring (bicyclic) bond motifs is 1. The number of amides is 1. The zero-order chi connectivity index (χ0) is 15.0. The Morgan fingerprint density at radius 3 is 2.86 bits per heavy atom. The van der Waals surface area contributed by atoms with Gasteiger partial charge in [-0.1, -0.05) is 6.07 Å². The molecule has 0 saturated carbocycles. The zero-order valence-corrected chi connectivity index (χ0v) is 11.7. The van der Waals surface area contributed by atoms with Crippen molar-refractivity contribution in [3.8, 4) is 0 Å². The maximum absolute atomic E-state index is 13.3. The summed E-state index contributed by atoms with van der Waals surface area (Å²) in [5.74, 6) is -0.690. The van der Waals surface area contributed by atoms with Crippen LogP contribution in [0.4, 0.5) is 10.1 Å². The second-order valence-electron chi connectivity index (χ2n) is 5.01. The molecule has 0 aliphatic rings. The Kier molecular flexibility index (Phi) is 3.17. The van der Waals surface area contributed by atoms with Crippen molar-refractivity contribution in [2.45, 2.75) is 13.8 Å². The van der Waals surface area contributed by atoms with Gasteiger partial charge in [-0.05, 0) is 43.2 Å². The lowest BCUT2D eigenvalue weighted by atomic mass is 10.1. The van der Waals surface area contributed by atoms with Gasteiger partial charge in [-0.25, -0.2) is 9.37 Å². The molecular weight excluding hydrogens is 269 g/mol. The molecule has 0 unspecified atom stereocenters. The van der Waals surface area contributed by atoms with Crippen LogP contribution in [0, 0.1) is 19.7 Å². The summed E-state index contributed by atoms with van der Waals surface area (Å²) >= 11 is 0. The number of hydrogen-bond donors (Lipinski definition) is 2. The summed E-state index contributed by atoms with van der Waals surface area (Å²) in [7, 11) is 0. The largest absolute Gasteiger partial charge is 0.346 e. The topological polar surface area (TPSA) is 57.8 Å². The molecule has 2 N–H and O–H groups in total. The number of benzene rings is 1. The SMILES string of the molecule is Cc1ccc(F)cc1NC(=O)c1cnc2[nH]cc(C)c2c1. The summed E-state index contributed by atoms with van der Waals surface area (Å²) in [5.41, 5.74) is 3.47. The summed E-state index contributed by atoms with van der Waals surface area (Å²) in [5, 5.41) is 3.62. The predicted molar refractivity (Wildman–Crippen MR) is 79.9 cm³/mol. The monoisotopic (exact) mass is 283 g/mol. The highest BCUT2D eigenvalue weighted by molar-refractivity contribution is 6.06. The maximum atomic E-state index is 13.3. The summed E-state index contributed by atoms with van der Waals surface area (Å²) < 4.78 is 13.3. The summed E-state index contributed by atoms with van der Waals surface area (Å²) in [4.78, 5) is 19.5. The van der Waals surface area contributed by atoms with Gasteiger partial charge >= 0.3 is 0 Å². The number of nitrogens with zero attached hydrogens (tertiary/aromatic N) is 1. The van der Waals surface area contributed by atoms with Gasteiger partial charge in [0, 0.05) is 23.5 Å². The van der Waals surface area contributed by atoms with E-state index in [-0.39, 0.29) is 11.7 Å². The van der Waals surface area contributed by atoms with E-state index in [4.69, 9.17) is 0 Å². The Labute approximate surface area is 121 Å². The van der Waals surface area contributed by atoms with Crippen molar-refractivity contribution >= 4 is 22.6 Å². The lowest BCUT2D eigenvalue weighted by Gasteiger charge is -2.08. The standard InChI is InChI=1S/C16H14FN3O/c1-9-3-4-12(17)6-14(9)20-16(21)11-5-13-10(2)7-18-15(13)19-8-11/h3-8H,1-2H3,(H,18,19)(H,20,21). The molecule has 0 spiro atoms. The zero-order valence-electron chi connectivity index (χ0n) is 11.7. The van der Waals surface area contributed by atoms with Crippen molar-refractivity contribution in [3.05, 3.63) is 59.2 Å². The van der Waals surface area contributed by atoms with Crippen LogP contribution in [0.25, 0.3) is 11.0 Å². The molecule has 5 heteroatoms. The molecule has 0 aliphatic heterocycles. The number of nitrogens with one attached hydrogen (secondary N) is 2. The molecule has 3 rings (SSSR count). The maximum Gasteiger partial charge on any atom is 0.257 e. The molecule has 21 heavy (non-hydrogen) atoms. The fourth-order valence-electron chi connectivity index (χ4n) is 2.18. The lowest BCUT2D eigenvalue weighted by Crippen LogP contribution is -2.13. The van der Waals surface area contributed by atoms with E-state index >= 15 is 0 Å². The first-order chi connectivity index (χ1) is 10.0. The van der Waals surface area contributed by atoms with Gasteiger partial charge in [0.25, 0.3) is 5.91 Å². The number of H-pyrrole nitrogens is 1. The third-order valence-corrected chi connectivity index (χ3v) is 3.45. The highest BCUT2D eigenvalue weighted by Crippen LogP contribution is 2.19. The van der Waals surface area contributed by atoms with Gasteiger partial charge in [0.05, 0.1) is 5.56 Å². The first-order valence-corrected chi connectivity index (χ1v) is 6.56. The van der Waals surface area contributed by atoms with Gasteiger partial charge in [0.1, 0.15) is 11.5 Å². The number of rotatable bonds is 2. The lowest BCUT2D eigenvalue weighted by molar-refractivity contribution is 0.102. The summed E-state index contributed by atoms with van der Waals surface area (Å²) in [6.07, 6.45) is 3.35. The number of carbonyl (C=O) groups excluding carboxylic acids is 1. The van der Waals surface area contributed by atoms with Crippen LogP contribution in [0.2, 0.25) is 0 Å². The normalized spacial score (nSPS) is 10.8. The summed E-state index contributed by atoms with van der Waals surface area (Å²) in [6, 6.07) is 6.07. The number of pyridine rings is 1. The van der Waals surface area contributed by atoms with Gasteiger partial charge in [0.2, 0.25) is 0 Å².